The van der Waals surface area contributed by atoms with E-state index in [0.29, 0.717) is 12.8 Å². The predicted molar refractivity (Wildman–Crippen MR) is 57.6 cm³/mol. The average molecular weight is 222 g/mol. The van der Waals surface area contributed by atoms with E-state index in [9.17, 15) is 9.59 Å². The van der Waals surface area contributed by atoms with Crippen LogP contribution in [0.15, 0.2) is 24.4 Å². The number of ether oxygens (including phenoxy) is 1. The molecule has 1 atom stereocenters. The van der Waals surface area contributed by atoms with E-state index >= 15 is 0 Å². The number of rotatable bonds is 6. The summed E-state index contributed by atoms with van der Waals surface area (Å²) in [5.41, 5.74) is 0.731. The molecule has 0 aliphatic carbocycles. The Morgan fingerprint density at radius 2 is 2.44 bits per heavy atom. The van der Waals surface area contributed by atoms with Gasteiger partial charge in [-0.05, 0) is 19.1 Å². The van der Waals surface area contributed by atoms with Gasteiger partial charge in [-0.2, -0.15) is 0 Å². The lowest BCUT2D eigenvalue weighted by molar-refractivity contribution is -0.146. The van der Waals surface area contributed by atoms with Crippen LogP contribution in [0.25, 0.3) is 0 Å². The first-order chi connectivity index (χ1) is 7.77. The molecule has 0 saturated carbocycles. The van der Waals surface area contributed by atoms with Crippen molar-refractivity contribution >= 4 is 12.4 Å². The van der Waals surface area contributed by atoms with Crippen LogP contribution in [-0.2, 0) is 20.7 Å². The van der Waals surface area contributed by atoms with E-state index < -0.39 is 12.0 Å². The summed E-state index contributed by atoms with van der Waals surface area (Å²) in [4.78, 5) is 25.9. The molecular weight excluding hydrogens is 208 g/mol. The van der Waals surface area contributed by atoms with Gasteiger partial charge in [-0.1, -0.05) is 6.07 Å². The maximum absolute atomic E-state index is 11.5. The van der Waals surface area contributed by atoms with Gasteiger partial charge in [0.15, 0.2) is 0 Å². The topological polar surface area (TPSA) is 68.3 Å². The Morgan fingerprint density at radius 1 is 1.62 bits per heavy atom. The smallest absolute Gasteiger partial charge is 0.329 e. The van der Waals surface area contributed by atoms with E-state index in [4.69, 9.17) is 4.74 Å². The van der Waals surface area contributed by atoms with Gasteiger partial charge in [0.1, 0.15) is 6.04 Å². The lowest BCUT2D eigenvalue weighted by Gasteiger charge is -2.13. The fourth-order valence-electron chi connectivity index (χ4n) is 1.26. The normalized spacial score (nSPS) is 11.6. The molecule has 1 aromatic heterocycles. The van der Waals surface area contributed by atoms with Crippen molar-refractivity contribution < 1.29 is 14.3 Å². The number of hydrogen-bond acceptors (Lipinski definition) is 4. The largest absolute Gasteiger partial charge is 0.464 e. The third-order valence-electron chi connectivity index (χ3n) is 1.98. The van der Waals surface area contributed by atoms with Crippen LogP contribution in [0.3, 0.4) is 0 Å². The highest BCUT2D eigenvalue weighted by molar-refractivity contribution is 5.78. The SMILES string of the molecule is CCOC(=O)C(Cc1ccccn1)NC=O. The molecule has 1 aromatic rings. The summed E-state index contributed by atoms with van der Waals surface area (Å²) in [6, 6.07) is 4.73. The number of hydrogen-bond donors (Lipinski definition) is 1. The molecule has 0 bridgehead atoms. The molecule has 0 aromatic carbocycles. The van der Waals surface area contributed by atoms with Crippen molar-refractivity contribution in [3.8, 4) is 0 Å². The summed E-state index contributed by atoms with van der Waals surface area (Å²) >= 11 is 0. The van der Waals surface area contributed by atoms with Crippen LogP contribution in [0, 0.1) is 0 Å². The number of nitrogens with one attached hydrogen (secondary N) is 1. The number of amides is 1. The van der Waals surface area contributed by atoms with Gasteiger partial charge in [-0.3, -0.25) is 9.78 Å². The second-order valence-corrected chi connectivity index (χ2v) is 3.11. The van der Waals surface area contributed by atoms with Crippen molar-refractivity contribution in [1.82, 2.24) is 10.3 Å². The number of nitrogens with zero attached hydrogens (tertiary/aromatic N) is 1. The van der Waals surface area contributed by atoms with E-state index in [0.717, 1.165) is 5.69 Å². The van der Waals surface area contributed by atoms with Gasteiger partial charge in [0.25, 0.3) is 0 Å². The van der Waals surface area contributed by atoms with Crippen LogP contribution in [0.5, 0.6) is 0 Å². The second kappa shape index (κ2) is 6.55. The highest BCUT2D eigenvalue weighted by Gasteiger charge is 2.19. The van der Waals surface area contributed by atoms with Crippen LogP contribution in [0.4, 0.5) is 0 Å². The van der Waals surface area contributed by atoms with Crippen molar-refractivity contribution in [3.05, 3.63) is 30.1 Å². The third-order valence-corrected chi connectivity index (χ3v) is 1.98. The van der Waals surface area contributed by atoms with Crippen molar-refractivity contribution in [1.29, 1.82) is 0 Å². The zero-order chi connectivity index (χ0) is 11.8. The van der Waals surface area contributed by atoms with Gasteiger partial charge in [0, 0.05) is 18.3 Å². The molecule has 0 aliphatic rings. The molecular formula is C11H14N2O3. The molecule has 0 fully saturated rings. The van der Waals surface area contributed by atoms with E-state index in [-0.39, 0.29) is 6.61 Å². The van der Waals surface area contributed by atoms with Gasteiger partial charge in [-0.25, -0.2) is 4.79 Å². The lowest BCUT2D eigenvalue weighted by Crippen LogP contribution is -2.39. The average Bonchev–Trinajstić information content (AvgIpc) is 2.30. The van der Waals surface area contributed by atoms with Crippen molar-refractivity contribution in [2.45, 2.75) is 19.4 Å². The number of pyridine rings is 1. The van der Waals surface area contributed by atoms with Crippen LogP contribution < -0.4 is 5.32 Å². The number of esters is 1. The molecule has 1 amide bonds. The fraction of sp³-hybridized carbons (Fsp3) is 0.364. The molecule has 1 heterocycles. The quantitative estimate of drug-likeness (QED) is 0.555. The van der Waals surface area contributed by atoms with Gasteiger partial charge in [-0.15, -0.1) is 0 Å². The van der Waals surface area contributed by atoms with Crippen molar-refractivity contribution in [2.24, 2.45) is 0 Å². The summed E-state index contributed by atoms with van der Waals surface area (Å²) < 4.78 is 4.84. The fourth-order valence-corrected chi connectivity index (χ4v) is 1.26. The molecule has 5 heteroatoms. The minimum absolute atomic E-state index is 0.290. The molecule has 16 heavy (non-hydrogen) atoms. The molecule has 0 radical (unpaired) electrons. The first kappa shape index (κ1) is 12.2. The molecule has 86 valence electrons. The molecule has 0 saturated heterocycles. The molecule has 1 N–H and O–H groups in total. The summed E-state index contributed by atoms with van der Waals surface area (Å²) in [5.74, 6) is -0.444. The predicted octanol–water partition coefficient (Wildman–Crippen LogP) is 0.302. The molecule has 1 rings (SSSR count). The highest BCUT2D eigenvalue weighted by atomic mass is 16.5. The summed E-state index contributed by atoms with van der Waals surface area (Å²) in [7, 11) is 0. The Morgan fingerprint density at radius 3 is 3.00 bits per heavy atom. The number of carbonyl (C=O) groups is 2. The highest BCUT2D eigenvalue weighted by Crippen LogP contribution is 2.01. The van der Waals surface area contributed by atoms with E-state index in [1.807, 2.05) is 6.07 Å². The first-order valence-corrected chi connectivity index (χ1v) is 5.04. The van der Waals surface area contributed by atoms with Crippen molar-refractivity contribution in [2.75, 3.05) is 6.61 Å². The van der Waals surface area contributed by atoms with E-state index in [1.165, 1.54) is 0 Å². The first-order valence-electron chi connectivity index (χ1n) is 5.04. The maximum Gasteiger partial charge on any atom is 0.329 e. The minimum atomic E-state index is -0.674. The van der Waals surface area contributed by atoms with Gasteiger partial charge >= 0.3 is 5.97 Å². The number of aromatic nitrogens is 1. The van der Waals surface area contributed by atoms with Crippen LogP contribution in [-0.4, -0.2) is 30.0 Å². The Bertz CT molecular complexity index is 340. The van der Waals surface area contributed by atoms with E-state index in [2.05, 4.69) is 10.3 Å². The second-order valence-electron chi connectivity index (χ2n) is 3.11. The zero-order valence-corrected chi connectivity index (χ0v) is 9.05. The summed E-state index contributed by atoms with van der Waals surface area (Å²) in [6.45, 7) is 2.01. The Hall–Kier alpha value is -1.91. The molecule has 0 aliphatic heterocycles. The van der Waals surface area contributed by atoms with Gasteiger partial charge in [0.2, 0.25) is 6.41 Å². The van der Waals surface area contributed by atoms with Crippen LogP contribution in [0.2, 0.25) is 0 Å². The zero-order valence-electron chi connectivity index (χ0n) is 9.05. The lowest BCUT2D eigenvalue weighted by atomic mass is 10.1. The number of carbonyl (C=O) groups excluding carboxylic acids is 2. The van der Waals surface area contributed by atoms with Crippen LogP contribution >= 0.6 is 0 Å². The minimum Gasteiger partial charge on any atom is -0.464 e. The standard InChI is InChI=1S/C11H14N2O3/c1-2-16-11(15)10(13-8-14)7-9-5-3-4-6-12-9/h3-6,8,10H,2,7H2,1H3,(H,13,14). The Labute approximate surface area is 93.8 Å². The monoisotopic (exact) mass is 222 g/mol. The van der Waals surface area contributed by atoms with Gasteiger partial charge in [0.05, 0.1) is 6.61 Å². The Balaban J connectivity index is 2.64. The van der Waals surface area contributed by atoms with Crippen LogP contribution in [0.1, 0.15) is 12.6 Å². The summed E-state index contributed by atoms with van der Waals surface area (Å²) in [6.07, 6.45) is 2.46. The third kappa shape index (κ3) is 3.68. The molecule has 5 nitrogen and oxygen atoms in total. The molecule has 0 spiro atoms. The Kier molecular flexibility index (Phi) is 4.98. The molecule has 1 unspecified atom stereocenters. The van der Waals surface area contributed by atoms with Crippen molar-refractivity contribution in [3.63, 3.8) is 0 Å². The van der Waals surface area contributed by atoms with Gasteiger partial charge < -0.3 is 10.1 Å². The summed E-state index contributed by atoms with van der Waals surface area (Å²) in [5, 5.41) is 2.42. The van der Waals surface area contributed by atoms with E-state index in [1.54, 1.807) is 25.3 Å². The maximum atomic E-state index is 11.5.